The van der Waals surface area contributed by atoms with Gasteiger partial charge in [-0.05, 0) is 30.2 Å². The van der Waals surface area contributed by atoms with Crippen molar-refractivity contribution in [3.05, 3.63) is 86.0 Å². The average molecular weight is 456 g/mol. The number of nitro benzene ring substituents is 1. The molecule has 11 heteroatoms. The number of halogens is 1. The van der Waals surface area contributed by atoms with Gasteiger partial charge in [0.1, 0.15) is 5.82 Å². The summed E-state index contributed by atoms with van der Waals surface area (Å²) in [6.45, 7) is 0.712. The van der Waals surface area contributed by atoms with Crippen molar-refractivity contribution in [3.8, 4) is 0 Å². The lowest BCUT2D eigenvalue weighted by molar-refractivity contribution is -0.384. The van der Waals surface area contributed by atoms with Gasteiger partial charge in [0.05, 0.1) is 29.2 Å². The molecule has 2 heterocycles. The van der Waals surface area contributed by atoms with Gasteiger partial charge in [-0.25, -0.2) is 9.48 Å². The molecule has 32 heavy (non-hydrogen) atoms. The van der Waals surface area contributed by atoms with Crippen LogP contribution in [0.3, 0.4) is 0 Å². The van der Waals surface area contributed by atoms with Crippen molar-refractivity contribution in [1.29, 1.82) is 0 Å². The molecule has 0 aliphatic rings. The van der Waals surface area contributed by atoms with Gasteiger partial charge in [-0.3, -0.25) is 19.5 Å². The minimum Gasteiger partial charge on any atom is -0.407 e. The molecule has 4 aromatic rings. The zero-order valence-electron chi connectivity index (χ0n) is 16.7. The summed E-state index contributed by atoms with van der Waals surface area (Å²) in [5.74, 6) is -0.288. The van der Waals surface area contributed by atoms with Crippen molar-refractivity contribution in [3.63, 3.8) is 0 Å². The zero-order valence-corrected chi connectivity index (χ0v) is 17.5. The molecule has 0 atom stereocenters. The maximum Gasteiger partial charge on any atom is 0.419 e. The monoisotopic (exact) mass is 455 g/mol. The van der Waals surface area contributed by atoms with E-state index in [2.05, 4.69) is 10.4 Å². The summed E-state index contributed by atoms with van der Waals surface area (Å²) in [7, 11) is 0. The van der Waals surface area contributed by atoms with Gasteiger partial charge in [0.2, 0.25) is 5.91 Å². The number of nitrogens with one attached hydrogen (secondary N) is 1. The highest BCUT2D eigenvalue weighted by Crippen LogP contribution is 2.20. The third-order valence-electron chi connectivity index (χ3n) is 4.88. The van der Waals surface area contributed by atoms with E-state index in [-0.39, 0.29) is 30.1 Å². The summed E-state index contributed by atoms with van der Waals surface area (Å²) in [4.78, 5) is 34.8. The second-order valence-corrected chi connectivity index (χ2v) is 7.52. The number of fused-ring (bicyclic) bond motifs is 1. The standard InChI is InChI=1S/C21H18ClN5O5/c22-15-5-3-14(4-6-15)13-26-19(9-10-23-26)24-20(28)2-1-11-25-17-8-7-16(27(30)31)12-18(17)32-21(25)29/h3-10,12H,1-2,11,13H2,(H,24,28). The number of anilines is 1. The Kier molecular flexibility index (Phi) is 6.04. The van der Waals surface area contributed by atoms with Crippen molar-refractivity contribution in [1.82, 2.24) is 14.3 Å². The summed E-state index contributed by atoms with van der Waals surface area (Å²) in [6, 6.07) is 13.0. The summed E-state index contributed by atoms with van der Waals surface area (Å²) >= 11 is 5.91. The first-order valence-electron chi connectivity index (χ1n) is 9.74. The number of oxazole rings is 1. The van der Waals surface area contributed by atoms with Crippen LogP contribution in [0.15, 0.2) is 63.9 Å². The van der Waals surface area contributed by atoms with Gasteiger partial charge in [-0.15, -0.1) is 0 Å². The maximum absolute atomic E-state index is 12.4. The van der Waals surface area contributed by atoms with Crippen LogP contribution < -0.4 is 11.1 Å². The van der Waals surface area contributed by atoms with Gasteiger partial charge >= 0.3 is 5.76 Å². The van der Waals surface area contributed by atoms with Crippen molar-refractivity contribution in [2.45, 2.75) is 25.9 Å². The van der Waals surface area contributed by atoms with Crippen molar-refractivity contribution < 1.29 is 14.1 Å². The van der Waals surface area contributed by atoms with Crippen LogP contribution >= 0.6 is 11.6 Å². The predicted octanol–water partition coefficient (Wildman–Crippen LogP) is 3.82. The summed E-state index contributed by atoms with van der Waals surface area (Å²) < 4.78 is 8.12. The SMILES string of the molecule is O=C(CCCn1c(=O)oc2cc([N+](=O)[O-])ccc21)Nc1ccnn1Cc1ccc(Cl)cc1. The summed E-state index contributed by atoms with van der Waals surface area (Å²) in [6.07, 6.45) is 2.14. The van der Waals surface area contributed by atoms with Gasteiger partial charge in [-0.2, -0.15) is 5.10 Å². The highest BCUT2D eigenvalue weighted by Gasteiger charge is 2.15. The Hall–Kier alpha value is -3.92. The Bertz CT molecular complexity index is 1340. The van der Waals surface area contributed by atoms with Crippen LogP contribution in [-0.4, -0.2) is 25.2 Å². The molecule has 0 radical (unpaired) electrons. The fourth-order valence-electron chi connectivity index (χ4n) is 3.31. The van der Waals surface area contributed by atoms with Crippen LogP contribution in [0.2, 0.25) is 5.02 Å². The van der Waals surface area contributed by atoms with E-state index in [0.29, 0.717) is 29.3 Å². The van der Waals surface area contributed by atoms with E-state index in [1.807, 2.05) is 12.1 Å². The third-order valence-corrected chi connectivity index (χ3v) is 5.13. The second kappa shape index (κ2) is 9.06. The number of benzene rings is 2. The lowest BCUT2D eigenvalue weighted by Gasteiger charge is -2.09. The number of hydrogen-bond donors (Lipinski definition) is 1. The molecule has 164 valence electrons. The number of hydrogen-bond acceptors (Lipinski definition) is 6. The quantitative estimate of drug-likeness (QED) is 0.318. The number of rotatable bonds is 8. The van der Waals surface area contributed by atoms with Gasteiger partial charge in [-0.1, -0.05) is 23.7 Å². The number of carbonyl (C=O) groups excluding carboxylic acids is 1. The number of nitro groups is 1. The molecule has 0 fully saturated rings. The van der Waals surface area contributed by atoms with E-state index in [1.54, 1.807) is 29.1 Å². The smallest absolute Gasteiger partial charge is 0.407 e. The first-order chi connectivity index (χ1) is 15.4. The van der Waals surface area contributed by atoms with Crippen LogP contribution in [-0.2, 0) is 17.9 Å². The fraction of sp³-hybridized carbons (Fsp3) is 0.190. The van der Waals surface area contributed by atoms with Crippen LogP contribution in [0.4, 0.5) is 11.5 Å². The number of amides is 1. The van der Waals surface area contributed by atoms with Gasteiger partial charge < -0.3 is 9.73 Å². The predicted molar refractivity (Wildman–Crippen MR) is 118 cm³/mol. The number of aromatic nitrogens is 3. The number of non-ortho nitro benzene ring substituents is 1. The van der Waals surface area contributed by atoms with Crippen LogP contribution in [0.5, 0.6) is 0 Å². The summed E-state index contributed by atoms with van der Waals surface area (Å²) in [5.41, 5.74) is 1.41. The lowest BCUT2D eigenvalue weighted by atomic mass is 10.2. The Morgan fingerprint density at radius 1 is 1.19 bits per heavy atom. The van der Waals surface area contributed by atoms with Crippen molar-refractivity contribution in [2.24, 2.45) is 0 Å². The highest BCUT2D eigenvalue weighted by atomic mass is 35.5. The number of aryl methyl sites for hydroxylation is 1. The first kappa shape index (κ1) is 21.3. The van der Waals surface area contributed by atoms with Crippen molar-refractivity contribution in [2.75, 3.05) is 5.32 Å². The highest BCUT2D eigenvalue weighted by molar-refractivity contribution is 6.30. The maximum atomic E-state index is 12.4. The Labute approximate surface area is 186 Å². The van der Waals surface area contributed by atoms with E-state index in [9.17, 15) is 19.7 Å². The molecule has 4 rings (SSSR count). The van der Waals surface area contributed by atoms with Crippen LogP contribution in [0.1, 0.15) is 18.4 Å². The molecule has 2 aromatic carbocycles. The molecule has 0 spiro atoms. The minimum atomic E-state index is -0.623. The van der Waals surface area contributed by atoms with Crippen LogP contribution in [0.25, 0.3) is 11.1 Å². The molecule has 10 nitrogen and oxygen atoms in total. The van der Waals surface area contributed by atoms with Gasteiger partial charge in [0.15, 0.2) is 5.58 Å². The normalized spacial score (nSPS) is 11.0. The minimum absolute atomic E-state index is 0.139. The first-order valence-corrected chi connectivity index (χ1v) is 10.1. The molecular weight excluding hydrogens is 438 g/mol. The Balaban J connectivity index is 1.36. The van der Waals surface area contributed by atoms with E-state index >= 15 is 0 Å². The molecule has 0 bridgehead atoms. The van der Waals surface area contributed by atoms with E-state index in [1.165, 1.54) is 22.8 Å². The Morgan fingerprint density at radius 2 is 1.97 bits per heavy atom. The van der Waals surface area contributed by atoms with Crippen molar-refractivity contribution >= 4 is 40.1 Å². The fourth-order valence-corrected chi connectivity index (χ4v) is 3.44. The molecule has 0 saturated carbocycles. The summed E-state index contributed by atoms with van der Waals surface area (Å²) in [5, 5.41) is 18.6. The van der Waals surface area contributed by atoms with Crippen LogP contribution in [0, 0.1) is 10.1 Å². The molecule has 0 saturated heterocycles. The Morgan fingerprint density at radius 3 is 2.72 bits per heavy atom. The number of nitrogens with zero attached hydrogens (tertiary/aromatic N) is 4. The molecule has 0 unspecified atom stereocenters. The molecule has 0 aliphatic heterocycles. The second-order valence-electron chi connectivity index (χ2n) is 7.08. The topological polar surface area (TPSA) is 125 Å². The van der Waals surface area contributed by atoms with Gasteiger partial charge in [0, 0.05) is 30.1 Å². The average Bonchev–Trinajstić information content (AvgIpc) is 3.32. The van der Waals surface area contributed by atoms with Gasteiger partial charge in [0.25, 0.3) is 5.69 Å². The van der Waals surface area contributed by atoms with E-state index < -0.39 is 10.7 Å². The molecule has 1 amide bonds. The third kappa shape index (κ3) is 4.70. The molecule has 0 aliphatic carbocycles. The van der Waals surface area contributed by atoms with E-state index in [0.717, 1.165) is 5.56 Å². The lowest BCUT2D eigenvalue weighted by Crippen LogP contribution is -2.18. The molecule has 1 N–H and O–H groups in total. The molecular formula is C21H18ClN5O5. The molecule has 2 aromatic heterocycles. The largest absolute Gasteiger partial charge is 0.419 e. The zero-order chi connectivity index (χ0) is 22.7. The number of carbonyl (C=O) groups is 1. The van der Waals surface area contributed by atoms with E-state index in [4.69, 9.17) is 16.0 Å².